The fraction of sp³-hybridized carbons (Fsp3) is 0.286. The van der Waals surface area contributed by atoms with Gasteiger partial charge in [-0.2, -0.15) is 4.98 Å². The van der Waals surface area contributed by atoms with Gasteiger partial charge < -0.3 is 20.8 Å². The van der Waals surface area contributed by atoms with E-state index in [9.17, 15) is 28.6 Å². The van der Waals surface area contributed by atoms with Crippen LogP contribution >= 0.6 is 0 Å². The number of aliphatic hydroxyl groups excluding tert-OH is 2. The molecule has 2 heterocycles. The first-order chi connectivity index (χ1) is 18.8. The average Bonchev–Trinajstić information content (AvgIpc) is 2.90. The van der Waals surface area contributed by atoms with E-state index in [1.807, 2.05) is 6.92 Å². The van der Waals surface area contributed by atoms with Crippen molar-refractivity contribution in [2.24, 2.45) is 0 Å². The summed E-state index contributed by atoms with van der Waals surface area (Å²) in [4.78, 5) is 34.9. The highest BCUT2D eigenvalue weighted by atomic mass is 19.1. The Morgan fingerprint density at radius 1 is 1.08 bits per heavy atom. The van der Waals surface area contributed by atoms with E-state index < -0.39 is 42.1 Å². The number of carbonyl (C=O) groups excluding carboxylic acids is 1. The molecule has 2 aromatic heterocycles. The van der Waals surface area contributed by atoms with Crippen molar-refractivity contribution in [3.63, 3.8) is 0 Å². The van der Waals surface area contributed by atoms with E-state index in [2.05, 4.69) is 20.6 Å². The van der Waals surface area contributed by atoms with Gasteiger partial charge in [-0.15, -0.1) is 0 Å². The number of nitrogens with one attached hydrogen (secondary N) is 2. The van der Waals surface area contributed by atoms with Crippen LogP contribution < -0.4 is 16.2 Å². The third-order valence-electron chi connectivity index (χ3n) is 6.88. The Kier molecular flexibility index (Phi) is 7.36. The quantitative estimate of drug-likeness (QED) is 0.273. The largest absolute Gasteiger partial charge is 0.394 e. The fourth-order valence-electron chi connectivity index (χ4n) is 4.47. The van der Waals surface area contributed by atoms with Crippen LogP contribution in [0.25, 0.3) is 28.0 Å². The van der Waals surface area contributed by atoms with Crippen LogP contribution in [0.2, 0.25) is 0 Å². The van der Waals surface area contributed by atoms with Crippen LogP contribution in [-0.4, -0.2) is 56.0 Å². The van der Waals surface area contributed by atoms with Gasteiger partial charge >= 0.3 is 0 Å². The second-order valence-electron chi connectivity index (χ2n) is 9.55. The van der Waals surface area contributed by atoms with Crippen molar-refractivity contribution in [3.8, 4) is 16.9 Å². The highest BCUT2D eigenvalue weighted by molar-refractivity contribution is 5.98. The van der Waals surface area contributed by atoms with Gasteiger partial charge in [-0.1, -0.05) is 12.1 Å². The van der Waals surface area contributed by atoms with Crippen LogP contribution in [0.4, 0.5) is 14.7 Å². The van der Waals surface area contributed by atoms with Crippen molar-refractivity contribution < 1.29 is 23.8 Å². The summed E-state index contributed by atoms with van der Waals surface area (Å²) in [6.07, 6.45) is 2.92. The molecule has 2 aromatic carbocycles. The number of hydrogen-bond donors (Lipinski definition) is 4. The van der Waals surface area contributed by atoms with E-state index in [0.29, 0.717) is 22.2 Å². The molecular weight excluding hydrogens is 508 g/mol. The molecule has 4 N–H and O–H groups in total. The molecule has 0 atom stereocenters. The number of pyridine rings is 1. The Morgan fingerprint density at radius 2 is 1.79 bits per heavy atom. The minimum absolute atomic E-state index is 0.0922. The Morgan fingerprint density at radius 3 is 2.44 bits per heavy atom. The van der Waals surface area contributed by atoms with Gasteiger partial charge in [0, 0.05) is 28.6 Å². The maximum absolute atomic E-state index is 14.9. The summed E-state index contributed by atoms with van der Waals surface area (Å²) in [6, 6.07) is 10.3. The number of rotatable bonds is 8. The zero-order chi connectivity index (χ0) is 27.7. The van der Waals surface area contributed by atoms with Crippen LogP contribution in [0, 0.1) is 18.6 Å². The molecule has 1 aliphatic rings. The molecule has 0 unspecified atom stereocenters. The molecule has 5 rings (SSSR count). The third kappa shape index (κ3) is 5.10. The first-order valence-electron chi connectivity index (χ1n) is 12.6. The van der Waals surface area contributed by atoms with Gasteiger partial charge in [0.25, 0.3) is 11.5 Å². The van der Waals surface area contributed by atoms with Gasteiger partial charge in [-0.3, -0.25) is 14.2 Å². The Labute approximate surface area is 222 Å². The summed E-state index contributed by atoms with van der Waals surface area (Å²) in [5, 5.41) is 25.3. The highest BCUT2D eigenvalue weighted by Gasteiger charge is 2.23. The van der Waals surface area contributed by atoms with Gasteiger partial charge in [-0.05, 0) is 62.1 Å². The molecule has 0 bridgehead atoms. The Bertz CT molecular complexity index is 1600. The number of halogens is 2. The van der Waals surface area contributed by atoms with Crippen molar-refractivity contribution in [3.05, 3.63) is 81.6 Å². The van der Waals surface area contributed by atoms with Crippen LogP contribution in [0.3, 0.4) is 0 Å². The molecular formula is C28H27F2N5O4. The topological polar surface area (TPSA) is 129 Å². The second-order valence-corrected chi connectivity index (χ2v) is 9.55. The fourth-order valence-corrected chi connectivity index (χ4v) is 4.47. The van der Waals surface area contributed by atoms with Crippen molar-refractivity contribution in [1.29, 1.82) is 0 Å². The zero-order valence-electron chi connectivity index (χ0n) is 21.1. The number of carbonyl (C=O) groups is 1. The highest BCUT2D eigenvalue weighted by Crippen LogP contribution is 2.32. The summed E-state index contributed by atoms with van der Waals surface area (Å²) in [7, 11) is 0. The number of anilines is 1. The third-order valence-corrected chi connectivity index (χ3v) is 6.88. The van der Waals surface area contributed by atoms with Crippen molar-refractivity contribution in [2.45, 2.75) is 38.3 Å². The number of fused-ring (bicyclic) bond motifs is 1. The van der Waals surface area contributed by atoms with E-state index in [-0.39, 0.29) is 23.5 Å². The van der Waals surface area contributed by atoms with Crippen LogP contribution in [0.5, 0.6) is 0 Å². The summed E-state index contributed by atoms with van der Waals surface area (Å²) < 4.78 is 30.5. The molecule has 11 heteroatoms. The number of amides is 1. The molecule has 1 aliphatic carbocycles. The lowest BCUT2D eigenvalue weighted by Gasteiger charge is -2.26. The molecule has 1 fully saturated rings. The molecule has 0 saturated heterocycles. The standard InChI is InChI=1S/C28H27F2N5O4/c1-15-8-9-16(27(39)31-17-4-2-5-17)12-20(15)24-19-10-11-23(38)35(25-21(29)6-3-7-22(25)30)26(19)34-28(33-24)32-18(13-36)14-37/h3,6-12,17-18,36-37H,2,4-5,13-14H2,1H3,(H,31,39)(H,32,33,34). The van der Waals surface area contributed by atoms with E-state index in [1.165, 1.54) is 18.2 Å². The van der Waals surface area contributed by atoms with E-state index in [1.54, 1.807) is 18.2 Å². The van der Waals surface area contributed by atoms with Crippen molar-refractivity contribution >= 4 is 22.9 Å². The lowest BCUT2D eigenvalue weighted by atomic mass is 9.92. The van der Waals surface area contributed by atoms with Crippen molar-refractivity contribution in [2.75, 3.05) is 18.5 Å². The number of para-hydroxylation sites is 1. The first-order valence-corrected chi connectivity index (χ1v) is 12.6. The maximum Gasteiger partial charge on any atom is 0.256 e. The first kappa shape index (κ1) is 26.4. The predicted octanol–water partition coefficient (Wildman–Crippen LogP) is 3.08. The molecule has 202 valence electrons. The number of aromatic nitrogens is 3. The van der Waals surface area contributed by atoms with Gasteiger partial charge in [0.2, 0.25) is 5.95 Å². The van der Waals surface area contributed by atoms with Crippen LogP contribution in [0.1, 0.15) is 35.2 Å². The number of hydrogen-bond acceptors (Lipinski definition) is 7. The van der Waals surface area contributed by atoms with E-state index in [0.717, 1.165) is 41.5 Å². The molecule has 9 nitrogen and oxygen atoms in total. The zero-order valence-corrected chi connectivity index (χ0v) is 21.1. The van der Waals surface area contributed by atoms with Gasteiger partial charge in [-0.25, -0.2) is 13.8 Å². The van der Waals surface area contributed by atoms with Crippen LogP contribution in [0.15, 0.2) is 53.3 Å². The minimum Gasteiger partial charge on any atom is -0.394 e. The molecule has 0 aliphatic heterocycles. The summed E-state index contributed by atoms with van der Waals surface area (Å²) >= 11 is 0. The van der Waals surface area contributed by atoms with Gasteiger partial charge in [0.15, 0.2) is 5.65 Å². The van der Waals surface area contributed by atoms with Gasteiger partial charge in [0.1, 0.15) is 17.3 Å². The monoisotopic (exact) mass is 535 g/mol. The average molecular weight is 536 g/mol. The lowest BCUT2D eigenvalue weighted by Crippen LogP contribution is -2.39. The van der Waals surface area contributed by atoms with E-state index >= 15 is 0 Å². The molecule has 0 spiro atoms. The number of aliphatic hydroxyl groups is 2. The SMILES string of the molecule is Cc1ccc(C(=O)NC2CCC2)cc1-c1nc(NC(CO)CO)nc2c1ccc(=O)n2-c1c(F)cccc1F. The molecule has 0 radical (unpaired) electrons. The van der Waals surface area contributed by atoms with E-state index in [4.69, 9.17) is 0 Å². The lowest BCUT2D eigenvalue weighted by molar-refractivity contribution is 0.0917. The number of benzene rings is 2. The molecule has 4 aromatic rings. The number of nitrogens with zero attached hydrogens (tertiary/aromatic N) is 3. The summed E-state index contributed by atoms with van der Waals surface area (Å²) in [5.41, 5.74) is 0.548. The Balaban J connectivity index is 1.76. The number of aryl methyl sites for hydroxylation is 1. The summed E-state index contributed by atoms with van der Waals surface area (Å²) in [6.45, 7) is 0.917. The summed E-state index contributed by atoms with van der Waals surface area (Å²) in [5.74, 6) is -2.25. The van der Waals surface area contributed by atoms with Crippen molar-refractivity contribution in [1.82, 2.24) is 19.9 Å². The normalized spacial score (nSPS) is 13.5. The molecule has 1 saturated carbocycles. The van der Waals surface area contributed by atoms with Crippen LogP contribution in [-0.2, 0) is 0 Å². The molecule has 39 heavy (non-hydrogen) atoms. The second kappa shape index (κ2) is 10.9. The predicted molar refractivity (Wildman–Crippen MR) is 142 cm³/mol. The smallest absolute Gasteiger partial charge is 0.256 e. The molecule has 1 amide bonds. The van der Waals surface area contributed by atoms with Gasteiger partial charge in [0.05, 0.1) is 24.9 Å². The minimum atomic E-state index is -0.964. The Hall–Kier alpha value is -4.22. The maximum atomic E-state index is 14.9.